The molecule has 2 nitrogen and oxygen atoms in total. The highest BCUT2D eigenvalue weighted by Crippen LogP contribution is 2.24. The molecule has 1 N–H and O–H groups in total. The van der Waals surface area contributed by atoms with Crippen LogP contribution in [-0.4, -0.2) is 4.98 Å². The highest BCUT2D eigenvalue weighted by Gasteiger charge is 2.05. The van der Waals surface area contributed by atoms with Gasteiger partial charge in [-0.15, -0.1) is 0 Å². The van der Waals surface area contributed by atoms with E-state index in [9.17, 15) is 4.39 Å². The summed E-state index contributed by atoms with van der Waals surface area (Å²) in [5, 5.41) is 3.26. The van der Waals surface area contributed by atoms with Gasteiger partial charge in [0.1, 0.15) is 11.6 Å². The number of nitrogens with one attached hydrogen (secondary N) is 1. The zero-order chi connectivity index (χ0) is 14.7. The van der Waals surface area contributed by atoms with Crippen molar-refractivity contribution in [2.75, 3.05) is 5.32 Å². The van der Waals surface area contributed by atoms with Crippen molar-refractivity contribution in [3.63, 3.8) is 0 Å². The molecule has 104 valence electrons. The first kappa shape index (κ1) is 13.3. The summed E-state index contributed by atoms with van der Waals surface area (Å²) in [5.41, 5.74) is 3.62. The predicted molar refractivity (Wildman–Crippen MR) is 84.1 cm³/mol. The summed E-state index contributed by atoms with van der Waals surface area (Å²) in [6.07, 6.45) is 0. The van der Waals surface area contributed by atoms with E-state index in [1.165, 1.54) is 12.1 Å². The summed E-state index contributed by atoms with van der Waals surface area (Å²) >= 11 is 0. The second-order valence-corrected chi connectivity index (χ2v) is 4.86. The van der Waals surface area contributed by atoms with Gasteiger partial charge in [-0.2, -0.15) is 0 Å². The molecule has 0 saturated heterocycles. The van der Waals surface area contributed by atoms with Crippen LogP contribution in [0.5, 0.6) is 0 Å². The van der Waals surface area contributed by atoms with Crippen LogP contribution in [0.2, 0.25) is 0 Å². The molecule has 1 aromatic heterocycles. The summed E-state index contributed by atoms with van der Waals surface area (Å²) in [5.74, 6) is 0.539. The van der Waals surface area contributed by atoms with E-state index in [4.69, 9.17) is 0 Å². The number of pyridine rings is 1. The van der Waals surface area contributed by atoms with Gasteiger partial charge in [0.2, 0.25) is 0 Å². The van der Waals surface area contributed by atoms with Gasteiger partial charge in [0, 0.05) is 11.3 Å². The average Bonchev–Trinajstić information content (AvgIpc) is 2.48. The Bertz CT molecular complexity index is 754. The molecule has 21 heavy (non-hydrogen) atoms. The third-order valence-electron chi connectivity index (χ3n) is 3.26. The Kier molecular flexibility index (Phi) is 3.65. The predicted octanol–water partition coefficient (Wildman–Crippen LogP) is 4.94. The largest absolute Gasteiger partial charge is 0.340 e. The van der Waals surface area contributed by atoms with Crippen molar-refractivity contribution < 1.29 is 4.39 Å². The molecule has 0 aliphatic carbocycles. The minimum Gasteiger partial charge on any atom is -0.340 e. The molecule has 2 aromatic carbocycles. The fourth-order valence-electron chi connectivity index (χ4n) is 2.24. The lowest BCUT2D eigenvalue weighted by Gasteiger charge is -2.09. The molecular weight excluding hydrogens is 263 g/mol. The molecule has 0 atom stereocenters. The standard InChI is InChI=1S/C18H15FN2/c1-13-12-14(19)10-11-16(13)17-8-5-9-18(21-17)20-15-6-3-2-4-7-15/h2-12H,1H3,(H,20,21). The highest BCUT2D eigenvalue weighted by atomic mass is 19.1. The zero-order valence-corrected chi connectivity index (χ0v) is 11.7. The lowest BCUT2D eigenvalue weighted by atomic mass is 10.1. The number of benzene rings is 2. The van der Waals surface area contributed by atoms with Crippen LogP contribution in [-0.2, 0) is 0 Å². The van der Waals surface area contributed by atoms with E-state index >= 15 is 0 Å². The summed E-state index contributed by atoms with van der Waals surface area (Å²) in [4.78, 5) is 4.60. The quantitative estimate of drug-likeness (QED) is 0.734. The van der Waals surface area contributed by atoms with Gasteiger partial charge in [-0.3, -0.25) is 0 Å². The number of para-hydroxylation sites is 1. The smallest absolute Gasteiger partial charge is 0.131 e. The van der Waals surface area contributed by atoms with Crippen LogP contribution >= 0.6 is 0 Å². The molecule has 0 unspecified atom stereocenters. The molecule has 0 spiro atoms. The van der Waals surface area contributed by atoms with E-state index in [0.29, 0.717) is 0 Å². The number of anilines is 2. The summed E-state index contributed by atoms with van der Waals surface area (Å²) in [7, 11) is 0. The van der Waals surface area contributed by atoms with Crippen molar-refractivity contribution in [3.8, 4) is 11.3 Å². The van der Waals surface area contributed by atoms with Crippen molar-refractivity contribution in [1.29, 1.82) is 0 Å². The third-order valence-corrected chi connectivity index (χ3v) is 3.26. The zero-order valence-electron chi connectivity index (χ0n) is 11.7. The van der Waals surface area contributed by atoms with Gasteiger partial charge in [0.05, 0.1) is 5.69 Å². The molecule has 3 heteroatoms. The fraction of sp³-hybridized carbons (Fsp3) is 0.0556. The Morgan fingerprint density at radius 1 is 0.905 bits per heavy atom. The van der Waals surface area contributed by atoms with E-state index in [0.717, 1.165) is 28.3 Å². The second-order valence-electron chi connectivity index (χ2n) is 4.86. The maximum absolute atomic E-state index is 13.2. The van der Waals surface area contributed by atoms with E-state index in [-0.39, 0.29) is 5.82 Å². The average molecular weight is 278 g/mol. The molecule has 0 saturated carbocycles. The van der Waals surface area contributed by atoms with Gasteiger partial charge in [0.15, 0.2) is 0 Å². The van der Waals surface area contributed by atoms with E-state index in [2.05, 4.69) is 10.3 Å². The van der Waals surface area contributed by atoms with Gasteiger partial charge < -0.3 is 5.32 Å². The number of rotatable bonds is 3. The van der Waals surface area contributed by atoms with Crippen molar-refractivity contribution in [2.45, 2.75) is 6.92 Å². The Labute approximate surface area is 123 Å². The monoisotopic (exact) mass is 278 g/mol. The number of aromatic nitrogens is 1. The summed E-state index contributed by atoms with van der Waals surface area (Å²) < 4.78 is 13.2. The van der Waals surface area contributed by atoms with Crippen LogP contribution in [0.4, 0.5) is 15.9 Å². The van der Waals surface area contributed by atoms with Gasteiger partial charge in [0.25, 0.3) is 0 Å². The molecule has 0 amide bonds. The number of hydrogen-bond acceptors (Lipinski definition) is 2. The first-order chi connectivity index (χ1) is 10.2. The molecule has 0 aliphatic rings. The number of aryl methyl sites for hydroxylation is 1. The molecule has 3 rings (SSSR count). The molecule has 3 aromatic rings. The van der Waals surface area contributed by atoms with Crippen molar-refractivity contribution in [2.24, 2.45) is 0 Å². The van der Waals surface area contributed by atoms with Crippen LogP contribution in [0.15, 0.2) is 66.7 Å². The van der Waals surface area contributed by atoms with Crippen LogP contribution in [0.1, 0.15) is 5.56 Å². The summed E-state index contributed by atoms with van der Waals surface area (Å²) in [6.45, 7) is 1.89. The van der Waals surface area contributed by atoms with Crippen molar-refractivity contribution >= 4 is 11.5 Å². The van der Waals surface area contributed by atoms with E-state index in [1.54, 1.807) is 6.07 Å². The molecule has 0 fully saturated rings. The number of halogens is 1. The second kappa shape index (κ2) is 5.75. The van der Waals surface area contributed by atoms with Gasteiger partial charge in [-0.05, 0) is 55.0 Å². The molecule has 1 heterocycles. The highest BCUT2D eigenvalue weighted by molar-refractivity contribution is 5.66. The van der Waals surface area contributed by atoms with Crippen LogP contribution in [0.25, 0.3) is 11.3 Å². The van der Waals surface area contributed by atoms with Gasteiger partial charge >= 0.3 is 0 Å². The minimum atomic E-state index is -0.227. The normalized spacial score (nSPS) is 10.4. The Hall–Kier alpha value is -2.68. The van der Waals surface area contributed by atoms with E-state index < -0.39 is 0 Å². The van der Waals surface area contributed by atoms with Crippen molar-refractivity contribution in [1.82, 2.24) is 4.98 Å². The SMILES string of the molecule is Cc1cc(F)ccc1-c1cccc(Nc2ccccc2)n1. The van der Waals surface area contributed by atoms with Crippen molar-refractivity contribution in [3.05, 3.63) is 78.1 Å². The minimum absolute atomic E-state index is 0.227. The van der Waals surface area contributed by atoms with Crippen LogP contribution < -0.4 is 5.32 Å². The first-order valence-corrected chi connectivity index (χ1v) is 6.78. The topological polar surface area (TPSA) is 24.9 Å². The van der Waals surface area contributed by atoms with Crippen LogP contribution in [0, 0.1) is 12.7 Å². The first-order valence-electron chi connectivity index (χ1n) is 6.78. The van der Waals surface area contributed by atoms with Crippen LogP contribution in [0.3, 0.4) is 0 Å². The van der Waals surface area contributed by atoms with E-state index in [1.807, 2.05) is 55.5 Å². The molecule has 0 bridgehead atoms. The fourth-order valence-corrected chi connectivity index (χ4v) is 2.24. The number of hydrogen-bond donors (Lipinski definition) is 1. The Balaban J connectivity index is 1.93. The summed E-state index contributed by atoms with van der Waals surface area (Å²) in [6, 6.07) is 20.4. The molecule has 0 radical (unpaired) electrons. The lowest BCUT2D eigenvalue weighted by molar-refractivity contribution is 0.627. The third kappa shape index (κ3) is 3.08. The van der Waals surface area contributed by atoms with Gasteiger partial charge in [-0.1, -0.05) is 24.3 Å². The lowest BCUT2D eigenvalue weighted by Crippen LogP contribution is -1.95. The van der Waals surface area contributed by atoms with Gasteiger partial charge in [-0.25, -0.2) is 9.37 Å². The maximum Gasteiger partial charge on any atom is 0.131 e. The molecule has 0 aliphatic heterocycles. The molecular formula is C18H15FN2. The Morgan fingerprint density at radius 2 is 1.71 bits per heavy atom. The number of nitrogens with zero attached hydrogens (tertiary/aromatic N) is 1. The maximum atomic E-state index is 13.2. The Morgan fingerprint density at radius 3 is 2.48 bits per heavy atom.